The van der Waals surface area contributed by atoms with Crippen molar-refractivity contribution in [2.24, 2.45) is 17.3 Å². The minimum absolute atomic E-state index is 0.244. The molecule has 0 aromatic heterocycles. The van der Waals surface area contributed by atoms with E-state index < -0.39 is 28.9 Å². The number of likely N-dealkylation sites (tertiary alicyclic amines) is 1. The number of hydrogen-bond donors (Lipinski definition) is 2. The van der Waals surface area contributed by atoms with Crippen LogP contribution in [0.4, 0.5) is 0 Å². The summed E-state index contributed by atoms with van der Waals surface area (Å²) in [4.78, 5) is 26.3. The van der Waals surface area contributed by atoms with Crippen LogP contribution >= 0.6 is 0 Å². The molecule has 2 fully saturated rings. The summed E-state index contributed by atoms with van der Waals surface area (Å²) in [5.74, 6) is -2.75. The van der Waals surface area contributed by atoms with Crippen molar-refractivity contribution in [3.05, 3.63) is 35.9 Å². The van der Waals surface area contributed by atoms with Gasteiger partial charge in [-0.25, -0.2) is 0 Å². The minimum Gasteiger partial charge on any atom is -0.481 e. The van der Waals surface area contributed by atoms with Crippen LogP contribution in [0.3, 0.4) is 0 Å². The van der Waals surface area contributed by atoms with Gasteiger partial charge in [-0.2, -0.15) is 0 Å². The highest BCUT2D eigenvalue weighted by Crippen LogP contribution is 2.61. The van der Waals surface area contributed by atoms with Crippen molar-refractivity contribution in [1.82, 2.24) is 4.90 Å². The zero-order chi connectivity index (χ0) is 17.7. The van der Waals surface area contributed by atoms with Crippen molar-refractivity contribution in [2.45, 2.75) is 51.8 Å². The lowest BCUT2D eigenvalue weighted by atomic mass is 9.69. The van der Waals surface area contributed by atoms with E-state index in [2.05, 4.69) is 0 Å². The Labute approximate surface area is 142 Å². The van der Waals surface area contributed by atoms with E-state index in [1.807, 2.05) is 44.2 Å². The summed E-state index contributed by atoms with van der Waals surface area (Å²) in [7, 11) is 0. The molecule has 5 heteroatoms. The molecular weight excluding hydrogens is 306 g/mol. The van der Waals surface area contributed by atoms with Gasteiger partial charge < -0.3 is 15.1 Å². The highest BCUT2D eigenvalue weighted by molar-refractivity contribution is 5.89. The van der Waals surface area contributed by atoms with Crippen molar-refractivity contribution < 1.29 is 19.8 Å². The van der Waals surface area contributed by atoms with E-state index >= 15 is 0 Å². The zero-order valence-electron chi connectivity index (χ0n) is 14.4. The first kappa shape index (κ1) is 17.0. The Bertz CT molecular complexity index is 661. The average Bonchev–Trinajstić information content (AvgIpc) is 2.91. The first-order valence-electron chi connectivity index (χ1n) is 8.57. The SMILES string of the molecule is CC(C(=O)O)[C@H]1C(=O)N([C@@H](C)c2ccccc2)[C@]2(O)CCCC12C. The number of aliphatic carboxylic acids is 1. The monoisotopic (exact) mass is 331 g/mol. The van der Waals surface area contributed by atoms with Gasteiger partial charge in [0, 0.05) is 5.41 Å². The van der Waals surface area contributed by atoms with Crippen LogP contribution in [-0.2, 0) is 9.59 Å². The zero-order valence-corrected chi connectivity index (χ0v) is 14.4. The van der Waals surface area contributed by atoms with E-state index in [4.69, 9.17) is 0 Å². The number of nitrogens with zero attached hydrogens (tertiary/aromatic N) is 1. The maximum Gasteiger partial charge on any atom is 0.307 e. The number of aliphatic hydroxyl groups is 1. The fourth-order valence-electron chi connectivity index (χ4n) is 4.89. The maximum atomic E-state index is 13.2. The van der Waals surface area contributed by atoms with E-state index in [9.17, 15) is 19.8 Å². The summed E-state index contributed by atoms with van der Waals surface area (Å²) in [6.45, 7) is 5.35. The van der Waals surface area contributed by atoms with Crippen LogP contribution < -0.4 is 0 Å². The van der Waals surface area contributed by atoms with Gasteiger partial charge >= 0.3 is 5.97 Å². The van der Waals surface area contributed by atoms with Gasteiger partial charge in [-0.15, -0.1) is 0 Å². The molecule has 2 N–H and O–H groups in total. The third-order valence-corrected chi connectivity index (χ3v) is 6.28. The Morgan fingerprint density at radius 2 is 1.88 bits per heavy atom. The molecule has 0 bridgehead atoms. The van der Waals surface area contributed by atoms with Crippen LogP contribution in [-0.4, -0.2) is 32.7 Å². The first-order valence-corrected chi connectivity index (χ1v) is 8.57. The van der Waals surface area contributed by atoms with Crippen LogP contribution in [0.5, 0.6) is 0 Å². The number of fused-ring (bicyclic) bond motifs is 1. The van der Waals surface area contributed by atoms with Crippen molar-refractivity contribution >= 4 is 11.9 Å². The van der Waals surface area contributed by atoms with E-state index in [0.717, 1.165) is 12.0 Å². The normalized spacial score (nSPS) is 34.9. The van der Waals surface area contributed by atoms with Crippen LogP contribution in [0.1, 0.15) is 51.6 Å². The Balaban J connectivity index is 2.07. The lowest BCUT2D eigenvalue weighted by Crippen LogP contribution is -2.51. The summed E-state index contributed by atoms with van der Waals surface area (Å²) >= 11 is 0. The molecule has 1 aliphatic carbocycles. The molecule has 1 aromatic rings. The topological polar surface area (TPSA) is 77.8 Å². The second-order valence-electron chi connectivity index (χ2n) is 7.49. The molecular formula is C19H25NO4. The van der Waals surface area contributed by atoms with Crippen LogP contribution in [0.2, 0.25) is 0 Å². The number of carboxylic acids is 1. The predicted molar refractivity (Wildman–Crippen MR) is 88.9 cm³/mol. The fraction of sp³-hybridized carbons (Fsp3) is 0.579. The Kier molecular flexibility index (Phi) is 3.95. The maximum absolute atomic E-state index is 13.2. The molecule has 0 radical (unpaired) electrons. The third kappa shape index (κ3) is 2.10. The van der Waals surface area contributed by atoms with Gasteiger partial charge in [0.15, 0.2) is 0 Å². The molecule has 2 unspecified atom stereocenters. The molecule has 0 spiro atoms. The van der Waals surface area contributed by atoms with E-state index in [1.165, 1.54) is 0 Å². The number of carbonyl (C=O) groups is 2. The standard InChI is InChI=1S/C19H25NO4/c1-12(17(22)23)15-16(21)20(13(2)14-8-5-4-6-9-14)19(24)11-7-10-18(15,19)3/h4-6,8-9,12-13,15,24H,7,10-11H2,1-3H3,(H,22,23)/t12?,13-,15-,18?,19-/m0/s1. The van der Waals surface area contributed by atoms with E-state index in [-0.39, 0.29) is 11.9 Å². The van der Waals surface area contributed by atoms with Gasteiger partial charge in [0.05, 0.1) is 17.9 Å². The summed E-state index contributed by atoms with van der Waals surface area (Å²) < 4.78 is 0. The van der Waals surface area contributed by atoms with Crippen LogP contribution in [0.25, 0.3) is 0 Å². The molecule has 1 saturated carbocycles. The van der Waals surface area contributed by atoms with Gasteiger partial charge in [0.2, 0.25) is 5.91 Å². The molecule has 2 aliphatic rings. The number of rotatable bonds is 4. The number of hydrogen-bond acceptors (Lipinski definition) is 3. The number of benzene rings is 1. The average molecular weight is 331 g/mol. The molecule has 5 atom stereocenters. The molecule has 130 valence electrons. The smallest absolute Gasteiger partial charge is 0.307 e. The van der Waals surface area contributed by atoms with E-state index in [1.54, 1.807) is 11.8 Å². The van der Waals surface area contributed by atoms with Gasteiger partial charge in [-0.05, 0) is 31.7 Å². The molecule has 1 heterocycles. The molecule has 3 rings (SSSR count). The molecule has 1 aliphatic heterocycles. The molecule has 1 amide bonds. The first-order chi connectivity index (χ1) is 11.2. The summed E-state index contributed by atoms with van der Waals surface area (Å²) in [6, 6.07) is 9.28. The molecule has 24 heavy (non-hydrogen) atoms. The van der Waals surface area contributed by atoms with Gasteiger partial charge in [-0.3, -0.25) is 9.59 Å². The second kappa shape index (κ2) is 5.59. The Morgan fingerprint density at radius 3 is 2.46 bits per heavy atom. The summed E-state index contributed by atoms with van der Waals surface area (Å²) in [6.07, 6.45) is 1.95. The number of carboxylic acid groups (broad SMARTS) is 1. The fourth-order valence-corrected chi connectivity index (χ4v) is 4.89. The van der Waals surface area contributed by atoms with Gasteiger partial charge in [0.25, 0.3) is 0 Å². The highest BCUT2D eigenvalue weighted by atomic mass is 16.4. The van der Waals surface area contributed by atoms with Crippen molar-refractivity contribution in [3.63, 3.8) is 0 Å². The van der Waals surface area contributed by atoms with Gasteiger partial charge in [-0.1, -0.05) is 44.2 Å². The number of carbonyl (C=O) groups excluding carboxylic acids is 1. The van der Waals surface area contributed by atoms with Crippen molar-refractivity contribution in [1.29, 1.82) is 0 Å². The number of amides is 1. The van der Waals surface area contributed by atoms with Crippen molar-refractivity contribution in [2.75, 3.05) is 0 Å². The largest absolute Gasteiger partial charge is 0.481 e. The minimum atomic E-state index is -1.28. The van der Waals surface area contributed by atoms with Crippen molar-refractivity contribution in [3.8, 4) is 0 Å². The lowest BCUT2D eigenvalue weighted by molar-refractivity contribution is -0.165. The predicted octanol–water partition coefficient (Wildman–Crippen LogP) is 2.81. The summed E-state index contributed by atoms with van der Waals surface area (Å²) in [5, 5.41) is 20.9. The van der Waals surface area contributed by atoms with Gasteiger partial charge in [0.1, 0.15) is 5.72 Å². The van der Waals surface area contributed by atoms with E-state index in [0.29, 0.717) is 12.8 Å². The quantitative estimate of drug-likeness (QED) is 0.889. The third-order valence-electron chi connectivity index (χ3n) is 6.28. The highest BCUT2D eigenvalue weighted by Gasteiger charge is 2.69. The Morgan fingerprint density at radius 1 is 1.25 bits per heavy atom. The second-order valence-corrected chi connectivity index (χ2v) is 7.49. The van der Waals surface area contributed by atoms with Crippen LogP contribution in [0, 0.1) is 17.3 Å². The molecule has 1 aromatic carbocycles. The molecule has 1 saturated heterocycles. The summed E-state index contributed by atoms with van der Waals surface area (Å²) in [5.41, 5.74) is -1.07. The Hall–Kier alpha value is -1.88. The van der Waals surface area contributed by atoms with Crippen LogP contribution in [0.15, 0.2) is 30.3 Å². The lowest BCUT2D eigenvalue weighted by Gasteiger charge is -2.42. The molecule has 5 nitrogen and oxygen atoms in total.